The van der Waals surface area contributed by atoms with Crippen LogP contribution < -0.4 is 10.1 Å². The molecule has 0 spiro atoms. The molecule has 0 fully saturated rings. The Morgan fingerprint density at radius 2 is 1.96 bits per heavy atom. The molecular weight excluding hydrogens is 359 g/mol. The number of allylic oxidation sites excluding steroid dienone is 1. The van der Waals surface area contributed by atoms with Crippen molar-refractivity contribution in [2.24, 2.45) is 0 Å². The summed E-state index contributed by atoms with van der Waals surface area (Å²) >= 11 is 0. The number of nitrogens with zero attached hydrogens (tertiary/aromatic N) is 3. The molecule has 0 atom stereocenters. The number of hydrogen-bond donors (Lipinski definition) is 3. The number of halogens is 1. The smallest absolute Gasteiger partial charge is 0.324 e. The van der Waals surface area contributed by atoms with Gasteiger partial charge in [-0.1, -0.05) is 6.08 Å². The minimum Gasteiger partial charge on any atom is -0.421 e. The highest BCUT2D eigenvalue weighted by Gasteiger charge is 2.13. The van der Waals surface area contributed by atoms with Gasteiger partial charge in [0.2, 0.25) is 0 Å². The standard InChI is InChI=1S/C20H19FN6O/c1-4-5-13-10-18(27-26-13)24-17-9-12(3)23-20(25-17)28-16-7-6-15-14(19(16)21)8-11(2)22-15/h4-10,22H,1-3H3,(H2,23,24,25,26,27)/b5-4+. The number of hydrogen-bond acceptors (Lipinski definition) is 5. The average Bonchev–Trinajstić information content (AvgIpc) is 3.23. The fraction of sp³-hybridized carbons (Fsp3) is 0.150. The number of aryl methyl sites for hydroxylation is 2. The summed E-state index contributed by atoms with van der Waals surface area (Å²) in [6.45, 7) is 5.61. The molecule has 0 saturated carbocycles. The predicted molar refractivity (Wildman–Crippen MR) is 106 cm³/mol. The molecule has 0 unspecified atom stereocenters. The van der Waals surface area contributed by atoms with Crippen LogP contribution in [0.5, 0.6) is 11.8 Å². The summed E-state index contributed by atoms with van der Waals surface area (Å²) in [6.07, 6.45) is 3.81. The Morgan fingerprint density at radius 1 is 1.11 bits per heavy atom. The Labute approximate surface area is 160 Å². The number of benzene rings is 1. The fourth-order valence-corrected chi connectivity index (χ4v) is 2.91. The first-order valence-electron chi connectivity index (χ1n) is 8.78. The van der Waals surface area contributed by atoms with Crippen LogP contribution in [0, 0.1) is 19.7 Å². The van der Waals surface area contributed by atoms with E-state index >= 15 is 0 Å². The molecule has 3 aromatic heterocycles. The van der Waals surface area contributed by atoms with Crippen LogP contribution in [0.25, 0.3) is 17.0 Å². The lowest BCUT2D eigenvalue weighted by molar-refractivity contribution is 0.413. The van der Waals surface area contributed by atoms with Gasteiger partial charge in [-0.05, 0) is 45.0 Å². The van der Waals surface area contributed by atoms with Gasteiger partial charge in [0, 0.05) is 34.4 Å². The molecular formula is C20H19FN6O. The molecule has 0 aliphatic carbocycles. The quantitative estimate of drug-likeness (QED) is 0.454. The maximum Gasteiger partial charge on any atom is 0.324 e. The summed E-state index contributed by atoms with van der Waals surface area (Å²) in [5, 5.41) is 10.6. The van der Waals surface area contributed by atoms with E-state index in [1.54, 1.807) is 24.3 Å². The molecule has 0 aliphatic rings. The van der Waals surface area contributed by atoms with E-state index in [2.05, 4.69) is 30.5 Å². The first kappa shape index (κ1) is 17.7. The Hall–Kier alpha value is -3.68. The van der Waals surface area contributed by atoms with Gasteiger partial charge >= 0.3 is 6.01 Å². The summed E-state index contributed by atoms with van der Waals surface area (Å²) in [7, 11) is 0. The molecule has 0 radical (unpaired) electrons. The summed E-state index contributed by atoms with van der Waals surface area (Å²) in [6, 6.07) is 8.72. The van der Waals surface area contributed by atoms with Gasteiger partial charge in [0.25, 0.3) is 0 Å². The van der Waals surface area contributed by atoms with E-state index in [1.165, 1.54) is 0 Å². The Bertz CT molecular complexity index is 1180. The lowest BCUT2D eigenvalue weighted by Gasteiger charge is -2.09. The van der Waals surface area contributed by atoms with Gasteiger partial charge in [0.15, 0.2) is 17.4 Å². The van der Waals surface area contributed by atoms with Gasteiger partial charge in [0.05, 0.1) is 5.69 Å². The van der Waals surface area contributed by atoms with Gasteiger partial charge in [-0.2, -0.15) is 10.1 Å². The van der Waals surface area contributed by atoms with Gasteiger partial charge in [-0.25, -0.2) is 9.37 Å². The highest BCUT2D eigenvalue weighted by atomic mass is 19.1. The van der Waals surface area contributed by atoms with Crippen molar-refractivity contribution in [2.45, 2.75) is 20.8 Å². The van der Waals surface area contributed by atoms with Gasteiger partial charge in [-0.3, -0.25) is 5.10 Å². The number of rotatable bonds is 5. The van der Waals surface area contributed by atoms with Crippen molar-refractivity contribution in [1.82, 2.24) is 25.1 Å². The Kier molecular flexibility index (Phi) is 4.52. The number of aromatic nitrogens is 5. The third kappa shape index (κ3) is 3.57. The van der Waals surface area contributed by atoms with E-state index in [1.807, 2.05) is 39.0 Å². The average molecular weight is 378 g/mol. The minimum atomic E-state index is -0.454. The number of aromatic amines is 2. The molecule has 142 valence electrons. The molecule has 7 nitrogen and oxygen atoms in total. The summed E-state index contributed by atoms with van der Waals surface area (Å²) in [4.78, 5) is 11.7. The van der Waals surface area contributed by atoms with Crippen LogP contribution in [0.3, 0.4) is 0 Å². The first-order chi connectivity index (χ1) is 13.5. The SMILES string of the molecule is C/C=C/c1cc(Nc2cc(C)nc(Oc3ccc4[nH]c(C)cc4c3F)n2)n[nH]1. The van der Waals surface area contributed by atoms with Crippen LogP contribution in [-0.2, 0) is 0 Å². The van der Waals surface area contributed by atoms with Crippen LogP contribution in [0.4, 0.5) is 16.0 Å². The molecule has 0 amide bonds. The topological polar surface area (TPSA) is 91.5 Å². The fourth-order valence-electron chi connectivity index (χ4n) is 2.91. The Balaban J connectivity index is 1.61. The second-order valence-electron chi connectivity index (χ2n) is 6.40. The highest BCUT2D eigenvalue weighted by Crippen LogP contribution is 2.30. The number of fused-ring (bicyclic) bond motifs is 1. The molecule has 28 heavy (non-hydrogen) atoms. The van der Waals surface area contributed by atoms with Crippen molar-refractivity contribution in [1.29, 1.82) is 0 Å². The Morgan fingerprint density at radius 3 is 2.79 bits per heavy atom. The monoisotopic (exact) mass is 378 g/mol. The van der Waals surface area contributed by atoms with E-state index in [0.29, 0.717) is 28.2 Å². The molecule has 0 bridgehead atoms. The van der Waals surface area contributed by atoms with E-state index in [-0.39, 0.29) is 11.8 Å². The lowest BCUT2D eigenvalue weighted by Crippen LogP contribution is -2.00. The first-order valence-corrected chi connectivity index (χ1v) is 8.78. The molecule has 3 heterocycles. The molecule has 4 aromatic rings. The van der Waals surface area contributed by atoms with Gasteiger partial charge < -0.3 is 15.0 Å². The third-order valence-electron chi connectivity index (χ3n) is 4.07. The van der Waals surface area contributed by atoms with Crippen LogP contribution in [-0.4, -0.2) is 25.1 Å². The molecule has 8 heteroatoms. The van der Waals surface area contributed by atoms with Crippen molar-refractivity contribution in [3.63, 3.8) is 0 Å². The van der Waals surface area contributed by atoms with Crippen molar-refractivity contribution < 1.29 is 9.13 Å². The van der Waals surface area contributed by atoms with E-state index in [0.717, 1.165) is 11.4 Å². The second-order valence-corrected chi connectivity index (χ2v) is 6.40. The van der Waals surface area contributed by atoms with Crippen molar-refractivity contribution in [3.05, 3.63) is 59.3 Å². The lowest BCUT2D eigenvalue weighted by atomic mass is 10.2. The van der Waals surface area contributed by atoms with Gasteiger partial charge in [-0.15, -0.1) is 0 Å². The summed E-state index contributed by atoms with van der Waals surface area (Å²) in [5.74, 6) is 0.718. The van der Waals surface area contributed by atoms with Crippen LogP contribution in [0.2, 0.25) is 0 Å². The maximum absolute atomic E-state index is 14.8. The predicted octanol–water partition coefficient (Wildman–Crippen LogP) is 5.01. The van der Waals surface area contributed by atoms with E-state index in [4.69, 9.17) is 4.74 Å². The minimum absolute atomic E-state index is 0.0530. The molecule has 0 saturated heterocycles. The van der Waals surface area contributed by atoms with Crippen molar-refractivity contribution in [2.75, 3.05) is 5.32 Å². The normalized spacial score (nSPS) is 11.4. The zero-order valence-electron chi connectivity index (χ0n) is 15.7. The zero-order chi connectivity index (χ0) is 19.7. The van der Waals surface area contributed by atoms with Crippen LogP contribution in [0.1, 0.15) is 24.0 Å². The zero-order valence-corrected chi connectivity index (χ0v) is 15.7. The number of anilines is 2. The maximum atomic E-state index is 14.8. The number of ether oxygens (including phenoxy) is 1. The third-order valence-corrected chi connectivity index (χ3v) is 4.07. The molecule has 0 aliphatic heterocycles. The second kappa shape index (κ2) is 7.15. The molecule has 1 aromatic carbocycles. The molecule has 4 rings (SSSR count). The highest BCUT2D eigenvalue weighted by molar-refractivity contribution is 5.82. The van der Waals surface area contributed by atoms with Crippen LogP contribution in [0.15, 0.2) is 36.4 Å². The number of H-pyrrole nitrogens is 2. The summed E-state index contributed by atoms with van der Waals surface area (Å²) < 4.78 is 20.4. The van der Waals surface area contributed by atoms with E-state index in [9.17, 15) is 4.39 Å². The van der Waals surface area contributed by atoms with Crippen molar-refractivity contribution >= 4 is 28.6 Å². The molecule has 3 N–H and O–H groups in total. The number of nitrogens with one attached hydrogen (secondary N) is 3. The van der Waals surface area contributed by atoms with Crippen LogP contribution >= 0.6 is 0 Å². The summed E-state index contributed by atoms with van der Waals surface area (Å²) in [5.41, 5.74) is 3.13. The largest absolute Gasteiger partial charge is 0.421 e. The van der Waals surface area contributed by atoms with E-state index < -0.39 is 5.82 Å². The van der Waals surface area contributed by atoms with Gasteiger partial charge in [0.1, 0.15) is 5.82 Å². The van der Waals surface area contributed by atoms with Crippen molar-refractivity contribution in [3.8, 4) is 11.8 Å².